The van der Waals surface area contributed by atoms with E-state index in [-0.39, 0.29) is 0 Å². The number of nitrogens with one attached hydrogen (secondary N) is 1. The lowest BCUT2D eigenvalue weighted by atomic mass is 9.81. The molecule has 1 aromatic rings. The molecule has 0 aromatic heterocycles. The molecule has 1 saturated carbocycles. The summed E-state index contributed by atoms with van der Waals surface area (Å²) in [5.41, 5.74) is 2.57. The van der Waals surface area contributed by atoms with Crippen LogP contribution in [0.3, 0.4) is 0 Å². The maximum absolute atomic E-state index is 6.09. The summed E-state index contributed by atoms with van der Waals surface area (Å²) in [7, 11) is 2.07. The largest absolute Gasteiger partial charge is 0.313 e. The van der Waals surface area contributed by atoms with Gasteiger partial charge in [-0.05, 0) is 49.9 Å². The zero-order valence-electron chi connectivity index (χ0n) is 10.8. The number of halogens is 1. The zero-order valence-corrected chi connectivity index (χ0v) is 11.6. The summed E-state index contributed by atoms with van der Waals surface area (Å²) in [6.45, 7) is 2.08. The Morgan fingerprint density at radius 1 is 1.24 bits per heavy atom. The van der Waals surface area contributed by atoms with Crippen LogP contribution in [-0.4, -0.2) is 7.05 Å². The highest BCUT2D eigenvalue weighted by molar-refractivity contribution is 6.31. The predicted molar refractivity (Wildman–Crippen MR) is 74.6 cm³/mol. The molecule has 0 bridgehead atoms. The van der Waals surface area contributed by atoms with Crippen LogP contribution in [0.2, 0.25) is 5.02 Å². The molecule has 2 heteroatoms. The highest BCUT2D eigenvalue weighted by Gasteiger charge is 2.23. The van der Waals surface area contributed by atoms with Crippen molar-refractivity contribution in [3.63, 3.8) is 0 Å². The minimum atomic E-state index is 0.492. The molecular weight excluding hydrogens is 230 g/mol. The number of hydrogen-bond acceptors (Lipinski definition) is 1. The van der Waals surface area contributed by atoms with Crippen LogP contribution in [0.25, 0.3) is 0 Å². The summed E-state index contributed by atoms with van der Waals surface area (Å²) in [4.78, 5) is 0. The lowest BCUT2D eigenvalue weighted by Crippen LogP contribution is -2.27. The Bertz CT molecular complexity index is 369. The van der Waals surface area contributed by atoms with Crippen LogP contribution in [0.15, 0.2) is 18.2 Å². The van der Waals surface area contributed by atoms with Crippen molar-refractivity contribution < 1.29 is 0 Å². The van der Waals surface area contributed by atoms with E-state index in [1.165, 1.54) is 43.2 Å². The van der Waals surface area contributed by atoms with Crippen LogP contribution >= 0.6 is 11.6 Å². The van der Waals surface area contributed by atoms with Gasteiger partial charge in [0.1, 0.15) is 0 Å². The smallest absolute Gasteiger partial charge is 0.0435 e. The Kier molecular flexibility index (Phi) is 4.47. The Labute approximate surface area is 110 Å². The van der Waals surface area contributed by atoms with Crippen molar-refractivity contribution in [2.75, 3.05) is 7.05 Å². The van der Waals surface area contributed by atoms with Gasteiger partial charge in [-0.3, -0.25) is 0 Å². The lowest BCUT2D eigenvalue weighted by Gasteiger charge is -2.30. The molecule has 2 rings (SSSR count). The summed E-state index contributed by atoms with van der Waals surface area (Å²) >= 11 is 6.09. The lowest BCUT2D eigenvalue weighted by molar-refractivity contribution is 0.281. The summed E-state index contributed by atoms with van der Waals surface area (Å²) in [5, 5.41) is 4.36. The van der Waals surface area contributed by atoms with E-state index >= 15 is 0 Å². The first-order valence-electron chi connectivity index (χ1n) is 6.65. The molecule has 1 fully saturated rings. The Hall–Kier alpha value is -0.530. The fourth-order valence-electron chi connectivity index (χ4n) is 3.00. The molecule has 17 heavy (non-hydrogen) atoms. The molecule has 1 unspecified atom stereocenters. The standard InChI is InChI=1S/C15H22ClN/c1-11-10-13(8-9-14(11)16)15(17-2)12-6-4-3-5-7-12/h8-10,12,15,17H,3-7H2,1-2H3. The van der Waals surface area contributed by atoms with E-state index in [0.717, 1.165) is 10.9 Å². The minimum absolute atomic E-state index is 0.492. The molecule has 1 aromatic carbocycles. The average Bonchev–Trinajstić information content (AvgIpc) is 2.36. The molecule has 0 amide bonds. The highest BCUT2D eigenvalue weighted by Crippen LogP contribution is 2.35. The van der Waals surface area contributed by atoms with Crippen molar-refractivity contribution in [3.8, 4) is 0 Å². The zero-order chi connectivity index (χ0) is 12.3. The summed E-state index contributed by atoms with van der Waals surface area (Å²) in [6.07, 6.45) is 6.89. The van der Waals surface area contributed by atoms with Gasteiger partial charge in [-0.1, -0.05) is 43.0 Å². The highest BCUT2D eigenvalue weighted by atomic mass is 35.5. The maximum atomic E-state index is 6.09. The first kappa shape index (κ1) is 12.9. The third kappa shape index (κ3) is 3.02. The fraction of sp³-hybridized carbons (Fsp3) is 0.600. The molecule has 1 nitrogen and oxygen atoms in total. The van der Waals surface area contributed by atoms with Crippen molar-refractivity contribution in [1.29, 1.82) is 0 Å². The first-order chi connectivity index (χ1) is 8.22. The second-order valence-corrected chi connectivity index (χ2v) is 5.58. The third-order valence-electron chi connectivity index (χ3n) is 3.97. The minimum Gasteiger partial charge on any atom is -0.313 e. The monoisotopic (exact) mass is 251 g/mol. The second kappa shape index (κ2) is 5.88. The van der Waals surface area contributed by atoms with Crippen molar-refractivity contribution in [2.24, 2.45) is 5.92 Å². The molecule has 94 valence electrons. The fourth-order valence-corrected chi connectivity index (χ4v) is 3.12. The van der Waals surface area contributed by atoms with Crippen LogP contribution in [-0.2, 0) is 0 Å². The van der Waals surface area contributed by atoms with Gasteiger partial charge in [-0.2, -0.15) is 0 Å². The second-order valence-electron chi connectivity index (χ2n) is 5.17. The van der Waals surface area contributed by atoms with Crippen LogP contribution in [0, 0.1) is 12.8 Å². The topological polar surface area (TPSA) is 12.0 Å². The number of hydrogen-bond donors (Lipinski definition) is 1. The van der Waals surface area contributed by atoms with Gasteiger partial charge in [-0.25, -0.2) is 0 Å². The number of benzene rings is 1. The van der Waals surface area contributed by atoms with E-state index in [1.54, 1.807) is 0 Å². The van der Waals surface area contributed by atoms with E-state index in [0.29, 0.717) is 6.04 Å². The van der Waals surface area contributed by atoms with Gasteiger partial charge in [0.25, 0.3) is 0 Å². The Morgan fingerprint density at radius 3 is 2.53 bits per heavy atom. The molecule has 0 saturated heterocycles. The van der Waals surface area contributed by atoms with Gasteiger partial charge in [0.15, 0.2) is 0 Å². The van der Waals surface area contributed by atoms with Gasteiger partial charge in [0.2, 0.25) is 0 Å². The molecule has 0 aliphatic heterocycles. The molecule has 1 N–H and O–H groups in total. The number of rotatable bonds is 3. The molecular formula is C15H22ClN. The van der Waals surface area contributed by atoms with Crippen LogP contribution in [0.4, 0.5) is 0 Å². The molecule has 0 radical (unpaired) electrons. The van der Waals surface area contributed by atoms with E-state index in [4.69, 9.17) is 11.6 Å². The van der Waals surface area contributed by atoms with Crippen molar-refractivity contribution in [3.05, 3.63) is 34.3 Å². The van der Waals surface area contributed by atoms with E-state index in [9.17, 15) is 0 Å². The van der Waals surface area contributed by atoms with Gasteiger partial charge >= 0.3 is 0 Å². The summed E-state index contributed by atoms with van der Waals surface area (Å²) in [5.74, 6) is 0.786. The van der Waals surface area contributed by atoms with E-state index in [2.05, 4.69) is 31.4 Å². The summed E-state index contributed by atoms with van der Waals surface area (Å²) in [6, 6.07) is 6.93. The van der Waals surface area contributed by atoms with Crippen LogP contribution in [0.5, 0.6) is 0 Å². The SMILES string of the molecule is CNC(c1ccc(Cl)c(C)c1)C1CCCCC1. The molecule has 0 heterocycles. The third-order valence-corrected chi connectivity index (χ3v) is 4.40. The quantitative estimate of drug-likeness (QED) is 0.835. The molecule has 1 aliphatic rings. The van der Waals surface area contributed by atoms with Gasteiger partial charge in [0.05, 0.1) is 0 Å². The van der Waals surface area contributed by atoms with E-state index in [1.807, 2.05) is 6.07 Å². The number of aryl methyl sites for hydroxylation is 1. The maximum Gasteiger partial charge on any atom is 0.0435 e. The summed E-state index contributed by atoms with van der Waals surface area (Å²) < 4.78 is 0. The van der Waals surface area contributed by atoms with Crippen molar-refractivity contribution in [2.45, 2.75) is 45.1 Å². The van der Waals surface area contributed by atoms with Crippen LogP contribution in [0.1, 0.15) is 49.3 Å². The van der Waals surface area contributed by atoms with Gasteiger partial charge < -0.3 is 5.32 Å². The molecule has 0 spiro atoms. The van der Waals surface area contributed by atoms with Crippen molar-refractivity contribution >= 4 is 11.6 Å². The molecule has 1 aliphatic carbocycles. The van der Waals surface area contributed by atoms with Crippen molar-refractivity contribution in [1.82, 2.24) is 5.32 Å². The Balaban J connectivity index is 2.18. The van der Waals surface area contributed by atoms with Gasteiger partial charge in [0, 0.05) is 11.1 Å². The Morgan fingerprint density at radius 2 is 1.94 bits per heavy atom. The molecule has 1 atom stereocenters. The normalized spacial score (nSPS) is 19.2. The first-order valence-corrected chi connectivity index (χ1v) is 7.03. The van der Waals surface area contributed by atoms with Gasteiger partial charge in [-0.15, -0.1) is 0 Å². The predicted octanol–water partition coefficient (Wildman–Crippen LogP) is 4.49. The average molecular weight is 252 g/mol. The van der Waals surface area contributed by atoms with E-state index < -0.39 is 0 Å². The van der Waals surface area contributed by atoms with Crippen LogP contribution < -0.4 is 5.32 Å².